The Kier molecular flexibility index (Phi) is 6.67. The molecule has 0 aliphatic heterocycles. The van der Waals surface area contributed by atoms with E-state index in [1.807, 2.05) is 0 Å². The summed E-state index contributed by atoms with van der Waals surface area (Å²) < 4.78 is 28.0. The molecule has 0 fully saturated rings. The lowest BCUT2D eigenvalue weighted by atomic mass is 9.97. The van der Waals surface area contributed by atoms with Crippen molar-refractivity contribution in [2.24, 2.45) is 10.9 Å². The lowest BCUT2D eigenvalue weighted by Crippen LogP contribution is -2.14. The Labute approximate surface area is 189 Å². The number of phenols is 1. The number of nitrogen functional groups attached to an aromatic ring is 1. The summed E-state index contributed by atoms with van der Waals surface area (Å²) in [6.45, 7) is -0.247. The first-order valence-electron chi connectivity index (χ1n) is 9.38. The SMILES string of the molecule is NC(=O)c1cc(C#CCOC(=O)c2cccc(O)c2)cc(-c2ccc(S(N)(=O)=O)cc2)c1N. The van der Waals surface area contributed by atoms with E-state index in [2.05, 4.69) is 11.8 Å². The number of carbonyl (C=O) groups is 2. The molecule has 0 unspecified atom stereocenters. The van der Waals surface area contributed by atoms with Gasteiger partial charge in [0.25, 0.3) is 5.91 Å². The van der Waals surface area contributed by atoms with Gasteiger partial charge < -0.3 is 21.3 Å². The number of anilines is 1. The minimum absolute atomic E-state index is 0.0316. The molecule has 9 nitrogen and oxygen atoms in total. The molecule has 0 bridgehead atoms. The van der Waals surface area contributed by atoms with Gasteiger partial charge in [-0.3, -0.25) is 4.79 Å². The van der Waals surface area contributed by atoms with Gasteiger partial charge in [0.15, 0.2) is 6.61 Å². The summed E-state index contributed by atoms with van der Waals surface area (Å²) in [4.78, 5) is 23.8. The van der Waals surface area contributed by atoms with E-state index >= 15 is 0 Å². The summed E-state index contributed by atoms with van der Waals surface area (Å²) in [5.74, 6) is 3.94. The number of primary sulfonamides is 1. The molecular weight excluding hydrogens is 446 g/mol. The number of aromatic hydroxyl groups is 1. The summed E-state index contributed by atoms with van der Waals surface area (Å²) in [5.41, 5.74) is 13.1. The predicted octanol–water partition coefficient (Wildman–Crippen LogP) is 1.60. The van der Waals surface area contributed by atoms with E-state index in [1.54, 1.807) is 6.07 Å². The van der Waals surface area contributed by atoms with Crippen molar-refractivity contribution >= 4 is 27.6 Å². The van der Waals surface area contributed by atoms with E-state index in [0.717, 1.165) is 0 Å². The normalized spacial score (nSPS) is 10.7. The van der Waals surface area contributed by atoms with Crippen molar-refractivity contribution in [3.05, 3.63) is 77.4 Å². The van der Waals surface area contributed by atoms with Crippen molar-refractivity contribution in [1.82, 2.24) is 0 Å². The second-order valence-corrected chi connectivity index (χ2v) is 8.41. The summed E-state index contributed by atoms with van der Waals surface area (Å²) in [7, 11) is -3.87. The summed E-state index contributed by atoms with van der Waals surface area (Å²) in [5, 5.41) is 14.5. The number of rotatable bonds is 5. The second kappa shape index (κ2) is 9.44. The van der Waals surface area contributed by atoms with Crippen LogP contribution in [0.5, 0.6) is 5.75 Å². The summed E-state index contributed by atoms with van der Waals surface area (Å²) in [6, 6.07) is 14.3. The molecule has 0 saturated carbocycles. The van der Waals surface area contributed by atoms with Crippen LogP contribution in [0, 0.1) is 11.8 Å². The van der Waals surface area contributed by atoms with Gasteiger partial charge in [-0.1, -0.05) is 30.0 Å². The fourth-order valence-electron chi connectivity index (χ4n) is 2.95. The van der Waals surface area contributed by atoms with Crippen molar-refractivity contribution in [3.8, 4) is 28.7 Å². The largest absolute Gasteiger partial charge is 0.508 e. The maximum atomic E-state index is 12.0. The summed E-state index contributed by atoms with van der Waals surface area (Å²) in [6.07, 6.45) is 0. The van der Waals surface area contributed by atoms with E-state index in [9.17, 15) is 23.1 Å². The van der Waals surface area contributed by atoms with Crippen LogP contribution in [0.1, 0.15) is 26.3 Å². The molecule has 10 heteroatoms. The van der Waals surface area contributed by atoms with Crippen molar-refractivity contribution in [1.29, 1.82) is 0 Å². The number of carbonyl (C=O) groups excluding carboxylic acids is 2. The Morgan fingerprint density at radius 1 is 1.03 bits per heavy atom. The molecule has 3 aromatic carbocycles. The predicted molar refractivity (Wildman–Crippen MR) is 121 cm³/mol. The molecule has 0 aromatic heterocycles. The van der Waals surface area contributed by atoms with Crippen molar-refractivity contribution < 1.29 is 27.9 Å². The number of primary amides is 1. The maximum absolute atomic E-state index is 12.0. The average Bonchev–Trinajstić information content (AvgIpc) is 2.76. The Balaban J connectivity index is 1.87. The minimum atomic E-state index is -3.87. The minimum Gasteiger partial charge on any atom is -0.508 e. The summed E-state index contributed by atoms with van der Waals surface area (Å²) >= 11 is 0. The fraction of sp³-hybridized carbons (Fsp3) is 0.0435. The molecule has 1 amide bonds. The van der Waals surface area contributed by atoms with Gasteiger partial charge in [0.2, 0.25) is 10.0 Å². The molecule has 0 saturated heterocycles. The van der Waals surface area contributed by atoms with Crippen molar-refractivity contribution in [2.45, 2.75) is 4.90 Å². The topological polar surface area (TPSA) is 176 Å². The zero-order chi connectivity index (χ0) is 24.2. The van der Waals surface area contributed by atoms with Crippen LogP contribution < -0.4 is 16.6 Å². The van der Waals surface area contributed by atoms with Gasteiger partial charge in [0, 0.05) is 11.1 Å². The van der Waals surface area contributed by atoms with Gasteiger partial charge in [-0.25, -0.2) is 18.4 Å². The van der Waals surface area contributed by atoms with Gasteiger partial charge in [0.1, 0.15) is 5.75 Å². The maximum Gasteiger partial charge on any atom is 0.339 e. The average molecular weight is 465 g/mol. The third kappa shape index (κ3) is 5.68. The number of amides is 1. The van der Waals surface area contributed by atoms with Crippen LogP contribution in [0.3, 0.4) is 0 Å². The van der Waals surface area contributed by atoms with Crippen LogP contribution in [0.2, 0.25) is 0 Å². The van der Waals surface area contributed by atoms with Crippen molar-refractivity contribution in [3.63, 3.8) is 0 Å². The van der Waals surface area contributed by atoms with Crippen LogP contribution in [0.25, 0.3) is 11.1 Å². The molecule has 0 atom stereocenters. The lowest BCUT2D eigenvalue weighted by molar-refractivity contribution is 0.0556. The molecular formula is C23H19N3O6S. The molecule has 7 N–H and O–H groups in total. The Morgan fingerprint density at radius 3 is 2.33 bits per heavy atom. The van der Waals surface area contributed by atoms with Crippen LogP contribution >= 0.6 is 0 Å². The highest BCUT2D eigenvalue weighted by Gasteiger charge is 2.15. The van der Waals surface area contributed by atoms with Gasteiger partial charge in [-0.05, 0) is 48.0 Å². The second-order valence-electron chi connectivity index (χ2n) is 6.85. The van der Waals surface area contributed by atoms with Gasteiger partial charge in [0.05, 0.1) is 21.7 Å². The fourth-order valence-corrected chi connectivity index (χ4v) is 3.46. The third-order valence-corrected chi connectivity index (χ3v) is 5.46. The number of ether oxygens (including phenoxy) is 1. The lowest BCUT2D eigenvalue weighted by Gasteiger charge is -2.11. The molecule has 33 heavy (non-hydrogen) atoms. The van der Waals surface area contributed by atoms with Gasteiger partial charge >= 0.3 is 5.97 Å². The van der Waals surface area contributed by atoms with Gasteiger partial charge in [-0.15, -0.1) is 0 Å². The zero-order valence-corrected chi connectivity index (χ0v) is 17.9. The first kappa shape index (κ1) is 23.3. The number of benzene rings is 3. The van der Waals surface area contributed by atoms with E-state index in [0.29, 0.717) is 16.7 Å². The number of sulfonamides is 1. The first-order valence-corrected chi connectivity index (χ1v) is 10.9. The van der Waals surface area contributed by atoms with Crippen LogP contribution in [-0.4, -0.2) is 32.0 Å². The van der Waals surface area contributed by atoms with Gasteiger partial charge in [-0.2, -0.15) is 0 Å². The molecule has 0 radical (unpaired) electrons. The van der Waals surface area contributed by atoms with Crippen LogP contribution in [0.4, 0.5) is 5.69 Å². The molecule has 168 valence electrons. The number of hydrogen-bond acceptors (Lipinski definition) is 7. The van der Waals surface area contributed by atoms with E-state index < -0.39 is 21.9 Å². The quantitative estimate of drug-likeness (QED) is 0.251. The number of phenolic OH excluding ortho intramolecular Hbond substituents is 1. The Bertz CT molecular complexity index is 1400. The van der Waals surface area contributed by atoms with Crippen molar-refractivity contribution in [2.75, 3.05) is 12.3 Å². The highest BCUT2D eigenvalue weighted by atomic mass is 32.2. The number of nitrogens with two attached hydrogens (primary N) is 3. The van der Waals surface area contributed by atoms with E-state index in [4.69, 9.17) is 21.3 Å². The number of hydrogen-bond donors (Lipinski definition) is 4. The smallest absolute Gasteiger partial charge is 0.339 e. The highest BCUT2D eigenvalue weighted by molar-refractivity contribution is 7.89. The standard InChI is InChI=1S/C23H19N3O6S/c24-21-19(15-6-8-18(9-7-15)33(26,30)31)11-14(12-20(21)22(25)28)3-2-10-32-23(29)16-4-1-5-17(27)13-16/h1,4-9,11-13,27H,10,24H2,(H2,25,28)(H2,26,30,31). The molecule has 0 aliphatic rings. The molecule has 0 spiro atoms. The monoisotopic (exact) mass is 465 g/mol. The molecule has 3 aromatic rings. The molecule has 0 aliphatic carbocycles. The number of esters is 1. The highest BCUT2D eigenvalue weighted by Crippen LogP contribution is 2.30. The van der Waals surface area contributed by atoms with E-state index in [-0.39, 0.29) is 34.1 Å². The van der Waals surface area contributed by atoms with Crippen LogP contribution in [0.15, 0.2) is 65.6 Å². The third-order valence-electron chi connectivity index (χ3n) is 4.53. The molecule has 3 rings (SSSR count). The first-order chi connectivity index (χ1) is 15.6. The Hall–Kier alpha value is -4.33. The zero-order valence-electron chi connectivity index (χ0n) is 17.1. The van der Waals surface area contributed by atoms with E-state index in [1.165, 1.54) is 54.6 Å². The Morgan fingerprint density at radius 2 is 1.73 bits per heavy atom. The molecule has 0 heterocycles. The van der Waals surface area contributed by atoms with Crippen LogP contribution in [-0.2, 0) is 14.8 Å².